The van der Waals surface area contributed by atoms with E-state index in [0.717, 1.165) is 27.0 Å². The van der Waals surface area contributed by atoms with Crippen LogP contribution in [-0.2, 0) is 0 Å². The van der Waals surface area contributed by atoms with Crippen molar-refractivity contribution < 1.29 is 0 Å². The zero-order chi connectivity index (χ0) is 14.0. The van der Waals surface area contributed by atoms with E-state index < -0.39 is 0 Å². The van der Waals surface area contributed by atoms with Gasteiger partial charge in [0.15, 0.2) is 0 Å². The molecule has 0 heterocycles. The molecular formula is C14H12BrClN2S. The molecule has 0 amide bonds. The van der Waals surface area contributed by atoms with Crippen molar-refractivity contribution in [3.63, 3.8) is 0 Å². The van der Waals surface area contributed by atoms with E-state index in [1.165, 1.54) is 0 Å². The number of para-hydroxylation sites is 1. The lowest BCUT2D eigenvalue weighted by Gasteiger charge is -2.13. The summed E-state index contributed by atoms with van der Waals surface area (Å²) in [5.41, 5.74) is 9.32. The molecule has 0 saturated carbocycles. The van der Waals surface area contributed by atoms with Gasteiger partial charge in [-0.05, 0) is 52.7 Å². The van der Waals surface area contributed by atoms with Crippen LogP contribution in [0.5, 0.6) is 0 Å². The van der Waals surface area contributed by atoms with Gasteiger partial charge in [0.2, 0.25) is 0 Å². The molecule has 0 aromatic heterocycles. The van der Waals surface area contributed by atoms with E-state index >= 15 is 0 Å². The van der Waals surface area contributed by atoms with Crippen molar-refractivity contribution in [3.05, 3.63) is 57.0 Å². The second-order valence-electron chi connectivity index (χ2n) is 4.12. The fourth-order valence-corrected chi connectivity index (χ4v) is 2.57. The van der Waals surface area contributed by atoms with Crippen molar-refractivity contribution in [2.45, 2.75) is 6.92 Å². The maximum atomic E-state index is 6.19. The second-order valence-corrected chi connectivity index (χ2v) is 5.82. The molecule has 0 aliphatic carbocycles. The van der Waals surface area contributed by atoms with E-state index in [2.05, 4.69) is 21.2 Å². The van der Waals surface area contributed by atoms with E-state index in [0.29, 0.717) is 10.0 Å². The van der Waals surface area contributed by atoms with Gasteiger partial charge < -0.3 is 11.1 Å². The molecule has 0 radical (unpaired) electrons. The number of anilines is 2. The highest BCUT2D eigenvalue weighted by molar-refractivity contribution is 9.10. The summed E-state index contributed by atoms with van der Waals surface area (Å²) in [7, 11) is 0. The number of hydrogen-bond donors (Lipinski definition) is 2. The first-order valence-corrected chi connectivity index (χ1v) is 7.18. The average Bonchev–Trinajstić information content (AvgIpc) is 2.35. The summed E-state index contributed by atoms with van der Waals surface area (Å²) in [5.74, 6) is 0. The summed E-state index contributed by atoms with van der Waals surface area (Å²) in [6, 6.07) is 11.5. The number of hydrogen-bond acceptors (Lipinski definition) is 2. The number of thiocarbonyl (C=S) groups is 1. The van der Waals surface area contributed by atoms with Gasteiger partial charge in [-0.15, -0.1) is 0 Å². The van der Waals surface area contributed by atoms with E-state index in [9.17, 15) is 0 Å². The molecule has 2 rings (SSSR count). The Balaban J connectivity index is 2.36. The maximum absolute atomic E-state index is 6.19. The molecule has 0 spiro atoms. The standard InChI is InChI=1S/C14H12BrClN2S/c1-8-3-2-4-11(16)13(8)18-12-6-5-9(14(17)19)7-10(12)15/h2-7,18H,1H3,(H2,17,19). The van der Waals surface area contributed by atoms with Gasteiger partial charge in [0.25, 0.3) is 0 Å². The van der Waals surface area contributed by atoms with Crippen molar-refractivity contribution in [1.29, 1.82) is 0 Å². The van der Waals surface area contributed by atoms with Gasteiger partial charge in [-0.1, -0.05) is 36.0 Å². The maximum Gasteiger partial charge on any atom is 0.104 e. The Morgan fingerprint density at radius 2 is 2.05 bits per heavy atom. The number of rotatable bonds is 3. The summed E-state index contributed by atoms with van der Waals surface area (Å²) in [4.78, 5) is 0.376. The largest absolute Gasteiger partial charge is 0.389 e. The van der Waals surface area contributed by atoms with Crippen molar-refractivity contribution in [3.8, 4) is 0 Å². The number of nitrogens with two attached hydrogens (primary N) is 1. The first-order chi connectivity index (χ1) is 8.99. The number of halogens is 2. The van der Waals surface area contributed by atoms with Crippen LogP contribution < -0.4 is 11.1 Å². The summed E-state index contributed by atoms with van der Waals surface area (Å²) in [6.45, 7) is 2.01. The van der Waals surface area contributed by atoms with Crippen LogP contribution in [-0.4, -0.2) is 4.99 Å². The summed E-state index contributed by atoms with van der Waals surface area (Å²) in [6.07, 6.45) is 0. The lowest BCUT2D eigenvalue weighted by Crippen LogP contribution is -2.09. The minimum Gasteiger partial charge on any atom is -0.389 e. The predicted molar refractivity (Wildman–Crippen MR) is 89.5 cm³/mol. The minimum atomic E-state index is 0.376. The Bertz CT molecular complexity index is 623. The van der Waals surface area contributed by atoms with Gasteiger partial charge in [0, 0.05) is 10.0 Å². The van der Waals surface area contributed by atoms with Crippen LogP contribution in [0.2, 0.25) is 5.02 Å². The van der Waals surface area contributed by atoms with Crippen molar-refractivity contribution >= 4 is 56.1 Å². The van der Waals surface area contributed by atoms with E-state index in [4.69, 9.17) is 29.6 Å². The number of aryl methyl sites for hydroxylation is 1. The molecule has 2 aromatic carbocycles. The lowest BCUT2D eigenvalue weighted by atomic mass is 10.1. The molecule has 0 unspecified atom stereocenters. The molecule has 0 aliphatic rings. The molecule has 2 aromatic rings. The lowest BCUT2D eigenvalue weighted by molar-refractivity contribution is 1.42. The average molecular weight is 356 g/mol. The Labute approximate surface area is 131 Å². The van der Waals surface area contributed by atoms with Gasteiger partial charge in [-0.25, -0.2) is 0 Å². The molecule has 0 aliphatic heterocycles. The first kappa shape index (κ1) is 14.3. The third-order valence-corrected chi connectivity index (χ3v) is 3.94. The molecule has 0 fully saturated rings. The Morgan fingerprint density at radius 1 is 1.32 bits per heavy atom. The summed E-state index contributed by atoms with van der Waals surface area (Å²) in [5, 5.41) is 4.00. The monoisotopic (exact) mass is 354 g/mol. The van der Waals surface area contributed by atoms with Crippen molar-refractivity contribution in [2.24, 2.45) is 5.73 Å². The zero-order valence-electron chi connectivity index (χ0n) is 10.2. The molecule has 5 heteroatoms. The molecule has 19 heavy (non-hydrogen) atoms. The van der Waals surface area contributed by atoms with Crippen molar-refractivity contribution in [1.82, 2.24) is 0 Å². The second kappa shape index (κ2) is 5.90. The molecule has 98 valence electrons. The van der Waals surface area contributed by atoms with Crippen LogP contribution in [0.15, 0.2) is 40.9 Å². The molecule has 0 atom stereocenters. The zero-order valence-corrected chi connectivity index (χ0v) is 13.4. The van der Waals surface area contributed by atoms with Crippen LogP contribution >= 0.6 is 39.7 Å². The van der Waals surface area contributed by atoms with E-state index in [-0.39, 0.29) is 0 Å². The first-order valence-electron chi connectivity index (χ1n) is 5.60. The smallest absolute Gasteiger partial charge is 0.104 e. The molecular weight excluding hydrogens is 344 g/mol. The van der Waals surface area contributed by atoms with Crippen molar-refractivity contribution in [2.75, 3.05) is 5.32 Å². The third-order valence-electron chi connectivity index (χ3n) is 2.74. The highest BCUT2D eigenvalue weighted by Crippen LogP contribution is 2.32. The Hall–Kier alpha value is -1.10. The highest BCUT2D eigenvalue weighted by atomic mass is 79.9. The number of nitrogens with one attached hydrogen (secondary N) is 1. The van der Waals surface area contributed by atoms with Crippen LogP contribution in [0.4, 0.5) is 11.4 Å². The molecule has 2 nitrogen and oxygen atoms in total. The van der Waals surface area contributed by atoms with Gasteiger partial charge >= 0.3 is 0 Å². The minimum absolute atomic E-state index is 0.376. The quantitative estimate of drug-likeness (QED) is 0.778. The van der Waals surface area contributed by atoms with Crippen LogP contribution in [0.25, 0.3) is 0 Å². The van der Waals surface area contributed by atoms with Gasteiger partial charge in [-0.2, -0.15) is 0 Å². The van der Waals surface area contributed by atoms with E-state index in [1.807, 2.05) is 43.3 Å². The normalized spacial score (nSPS) is 10.3. The molecule has 0 bridgehead atoms. The summed E-state index contributed by atoms with van der Waals surface area (Å²) < 4.78 is 0.886. The third kappa shape index (κ3) is 3.26. The SMILES string of the molecule is Cc1cccc(Cl)c1Nc1ccc(C(N)=S)cc1Br. The van der Waals surface area contributed by atoms with E-state index in [1.54, 1.807) is 0 Å². The topological polar surface area (TPSA) is 38.0 Å². The van der Waals surface area contributed by atoms with Gasteiger partial charge in [0.1, 0.15) is 4.99 Å². The molecule has 3 N–H and O–H groups in total. The van der Waals surface area contributed by atoms with Crippen LogP contribution in [0.1, 0.15) is 11.1 Å². The Morgan fingerprint density at radius 3 is 2.63 bits per heavy atom. The predicted octanol–water partition coefficient (Wildman–Crippen LogP) is 4.79. The number of benzene rings is 2. The fraction of sp³-hybridized carbons (Fsp3) is 0.0714. The molecule has 0 saturated heterocycles. The van der Waals surface area contributed by atoms with Crippen LogP contribution in [0, 0.1) is 6.92 Å². The van der Waals surface area contributed by atoms with Crippen LogP contribution in [0.3, 0.4) is 0 Å². The fourth-order valence-electron chi connectivity index (χ4n) is 1.69. The Kier molecular flexibility index (Phi) is 4.45. The highest BCUT2D eigenvalue weighted by Gasteiger charge is 2.07. The van der Waals surface area contributed by atoms with Gasteiger partial charge in [-0.3, -0.25) is 0 Å². The van der Waals surface area contributed by atoms with Gasteiger partial charge in [0.05, 0.1) is 16.4 Å². The summed E-state index contributed by atoms with van der Waals surface area (Å²) >= 11 is 14.6.